The average Bonchev–Trinajstić information content (AvgIpc) is 2.86. The van der Waals surface area contributed by atoms with Gasteiger partial charge in [-0.05, 0) is 26.3 Å². The van der Waals surface area contributed by atoms with Gasteiger partial charge in [0.05, 0.1) is 6.04 Å². The number of carbonyl (C=O) groups is 4. The molecule has 2 amide bonds. The Hall–Kier alpha value is -2.16. The lowest BCUT2D eigenvalue weighted by Gasteiger charge is -2.20. The van der Waals surface area contributed by atoms with Gasteiger partial charge in [0, 0.05) is 6.42 Å². The molecule has 9 nitrogen and oxygen atoms in total. The fraction of sp³-hybridized carbons (Fsp3) is 0.857. The molecule has 0 aromatic rings. The number of unbranched alkanes of at least 4 members (excludes halogenated alkanes) is 15. The zero-order valence-corrected chi connectivity index (χ0v) is 23.3. The molecule has 0 saturated heterocycles. The zero-order chi connectivity index (χ0) is 27.7. The Morgan fingerprint density at radius 1 is 0.649 bits per heavy atom. The minimum absolute atomic E-state index is 0.113. The fourth-order valence-corrected chi connectivity index (χ4v) is 4.20. The highest BCUT2D eigenvalue weighted by atomic mass is 16.4. The van der Waals surface area contributed by atoms with E-state index in [2.05, 4.69) is 22.9 Å². The van der Waals surface area contributed by atoms with E-state index in [0.717, 1.165) is 12.8 Å². The molecule has 0 aliphatic rings. The molecule has 0 aliphatic heterocycles. The number of amides is 2. The average molecular weight is 528 g/mol. The van der Waals surface area contributed by atoms with E-state index in [0.29, 0.717) is 6.54 Å². The van der Waals surface area contributed by atoms with Gasteiger partial charge in [0.15, 0.2) is 0 Å². The van der Waals surface area contributed by atoms with Crippen LogP contribution in [0.25, 0.3) is 0 Å². The fourth-order valence-electron chi connectivity index (χ4n) is 4.20. The van der Waals surface area contributed by atoms with Crippen molar-refractivity contribution < 1.29 is 29.4 Å². The summed E-state index contributed by atoms with van der Waals surface area (Å²) in [4.78, 5) is 46.1. The van der Waals surface area contributed by atoms with Crippen molar-refractivity contribution in [1.29, 1.82) is 0 Å². The monoisotopic (exact) mass is 527 g/mol. The minimum atomic E-state index is -1.22. The third kappa shape index (κ3) is 22.7. The molecule has 5 N–H and O–H groups in total. The predicted octanol–water partition coefficient (Wildman–Crippen LogP) is 4.78. The number of rotatable bonds is 26. The SMILES string of the molecule is CCCCCCCCCCCCCCCCCCNC(C)C(=O)NC(CCC(=O)O)C(=O)NCC(=O)O. The Morgan fingerprint density at radius 2 is 1.11 bits per heavy atom. The summed E-state index contributed by atoms with van der Waals surface area (Å²) in [5.41, 5.74) is 0. The molecule has 9 heteroatoms. The maximum absolute atomic E-state index is 12.4. The summed E-state index contributed by atoms with van der Waals surface area (Å²) in [7, 11) is 0. The number of hydrogen-bond acceptors (Lipinski definition) is 5. The molecule has 0 aromatic heterocycles. The molecule has 0 heterocycles. The van der Waals surface area contributed by atoms with Crippen molar-refractivity contribution in [2.45, 2.75) is 142 Å². The highest BCUT2D eigenvalue weighted by Gasteiger charge is 2.24. The molecule has 0 aliphatic carbocycles. The van der Waals surface area contributed by atoms with Crippen LogP contribution >= 0.6 is 0 Å². The summed E-state index contributed by atoms with van der Waals surface area (Å²) in [6, 6.07) is -1.64. The van der Waals surface area contributed by atoms with Crippen LogP contribution in [0.5, 0.6) is 0 Å². The van der Waals surface area contributed by atoms with Gasteiger partial charge in [-0.15, -0.1) is 0 Å². The summed E-state index contributed by atoms with van der Waals surface area (Å²) in [6.45, 7) is 4.03. The van der Waals surface area contributed by atoms with Crippen LogP contribution in [0.1, 0.15) is 129 Å². The van der Waals surface area contributed by atoms with Crippen LogP contribution in [0.4, 0.5) is 0 Å². The molecule has 0 spiro atoms. The lowest BCUT2D eigenvalue weighted by molar-refractivity contribution is -0.140. The maximum Gasteiger partial charge on any atom is 0.322 e. The number of carboxylic acids is 2. The highest BCUT2D eigenvalue weighted by molar-refractivity contribution is 5.91. The first-order valence-electron chi connectivity index (χ1n) is 14.5. The Bertz CT molecular complexity index is 629. The second kappa shape index (κ2) is 24.2. The third-order valence-corrected chi connectivity index (χ3v) is 6.57. The van der Waals surface area contributed by atoms with Crippen LogP contribution in [0.15, 0.2) is 0 Å². The van der Waals surface area contributed by atoms with Crippen molar-refractivity contribution in [2.75, 3.05) is 13.1 Å². The van der Waals surface area contributed by atoms with Crippen molar-refractivity contribution in [3.05, 3.63) is 0 Å². The molecule has 0 saturated carbocycles. The maximum atomic E-state index is 12.4. The van der Waals surface area contributed by atoms with Gasteiger partial charge in [0.1, 0.15) is 12.6 Å². The second-order valence-corrected chi connectivity index (χ2v) is 10.1. The van der Waals surface area contributed by atoms with E-state index in [4.69, 9.17) is 10.2 Å². The minimum Gasteiger partial charge on any atom is -0.481 e. The highest BCUT2D eigenvalue weighted by Crippen LogP contribution is 2.13. The second-order valence-electron chi connectivity index (χ2n) is 10.1. The standard InChI is InChI=1S/C28H53N3O6/c1-3-4-5-6-7-8-9-10-11-12-13-14-15-16-17-18-21-29-23(2)27(36)31-24(19-20-25(32)33)28(37)30-22-26(34)35/h23-24,29H,3-22H2,1-2H3,(H,30,37)(H,31,36)(H,32,33)(H,34,35). The van der Waals surface area contributed by atoms with Gasteiger partial charge >= 0.3 is 11.9 Å². The van der Waals surface area contributed by atoms with E-state index in [1.54, 1.807) is 6.92 Å². The Balaban J connectivity index is 3.81. The summed E-state index contributed by atoms with van der Waals surface area (Å²) in [5.74, 6) is -3.44. The smallest absolute Gasteiger partial charge is 0.322 e. The van der Waals surface area contributed by atoms with Crippen LogP contribution in [-0.2, 0) is 19.2 Å². The van der Waals surface area contributed by atoms with Gasteiger partial charge in [0.2, 0.25) is 11.8 Å². The van der Waals surface area contributed by atoms with Crippen LogP contribution in [0, 0.1) is 0 Å². The van der Waals surface area contributed by atoms with E-state index in [1.165, 1.54) is 89.9 Å². The van der Waals surface area contributed by atoms with E-state index in [1.807, 2.05) is 0 Å². The van der Waals surface area contributed by atoms with Crippen molar-refractivity contribution in [3.8, 4) is 0 Å². The summed E-state index contributed by atoms with van der Waals surface area (Å²) in [6.07, 6.45) is 20.4. The first-order valence-corrected chi connectivity index (χ1v) is 14.5. The lowest BCUT2D eigenvalue weighted by Crippen LogP contribution is -2.52. The first kappa shape index (κ1) is 34.8. The van der Waals surface area contributed by atoms with Crippen molar-refractivity contribution in [1.82, 2.24) is 16.0 Å². The van der Waals surface area contributed by atoms with Crippen LogP contribution in [0.3, 0.4) is 0 Å². The summed E-state index contributed by atoms with van der Waals surface area (Å²) < 4.78 is 0. The summed E-state index contributed by atoms with van der Waals surface area (Å²) >= 11 is 0. The predicted molar refractivity (Wildman–Crippen MR) is 146 cm³/mol. The van der Waals surface area contributed by atoms with Gasteiger partial charge in [-0.25, -0.2) is 0 Å². The Morgan fingerprint density at radius 3 is 1.54 bits per heavy atom. The largest absolute Gasteiger partial charge is 0.481 e. The molecule has 37 heavy (non-hydrogen) atoms. The van der Waals surface area contributed by atoms with Crippen LogP contribution in [0.2, 0.25) is 0 Å². The third-order valence-electron chi connectivity index (χ3n) is 6.57. The molecule has 2 atom stereocenters. The zero-order valence-electron chi connectivity index (χ0n) is 23.3. The lowest BCUT2D eigenvalue weighted by atomic mass is 10.0. The number of carboxylic acid groups (broad SMARTS) is 2. The number of aliphatic carboxylic acids is 2. The van der Waals surface area contributed by atoms with Gasteiger partial charge in [-0.3, -0.25) is 19.2 Å². The molecule has 216 valence electrons. The number of carbonyl (C=O) groups excluding carboxylic acids is 2. The van der Waals surface area contributed by atoms with Gasteiger partial charge < -0.3 is 26.2 Å². The van der Waals surface area contributed by atoms with Gasteiger partial charge in [0.25, 0.3) is 0 Å². The Kier molecular flexibility index (Phi) is 22.8. The number of hydrogen-bond donors (Lipinski definition) is 5. The molecule has 0 rings (SSSR count). The topological polar surface area (TPSA) is 145 Å². The van der Waals surface area contributed by atoms with E-state index in [-0.39, 0.29) is 12.8 Å². The molecule has 2 unspecified atom stereocenters. The normalized spacial score (nSPS) is 12.6. The van der Waals surface area contributed by atoms with Crippen LogP contribution in [-0.4, -0.2) is 59.1 Å². The quantitative estimate of drug-likeness (QED) is 0.102. The van der Waals surface area contributed by atoms with Crippen LogP contribution < -0.4 is 16.0 Å². The first-order chi connectivity index (χ1) is 17.8. The molecular formula is C28H53N3O6. The van der Waals surface area contributed by atoms with Gasteiger partial charge in [-0.2, -0.15) is 0 Å². The summed E-state index contributed by atoms with van der Waals surface area (Å²) in [5, 5.41) is 25.4. The van der Waals surface area contributed by atoms with E-state index in [9.17, 15) is 19.2 Å². The van der Waals surface area contributed by atoms with Crippen molar-refractivity contribution in [3.63, 3.8) is 0 Å². The molecule has 0 bridgehead atoms. The Labute approximate surface area is 223 Å². The molecule has 0 aromatic carbocycles. The molecular weight excluding hydrogens is 474 g/mol. The van der Waals surface area contributed by atoms with Crippen molar-refractivity contribution in [2.24, 2.45) is 0 Å². The van der Waals surface area contributed by atoms with E-state index < -0.39 is 42.4 Å². The number of nitrogens with one attached hydrogen (secondary N) is 3. The van der Waals surface area contributed by atoms with Crippen molar-refractivity contribution >= 4 is 23.8 Å². The van der Waals surface area contributed by atoms with Gasteiger partial charge in [-0.1, -0.05) is 103 Å². The molecule has 0 fully saturated rings. The molecule has 0 radical (unpaired) electrons. The van der Waals surface area contributed by atoms with E-state index >= 15 is 0 Å².